The number of benzene rings is 1. The summed E-state index contributed by atoms with van der Waals surface area (Å²) in [5, 5.41) is 8.86. The van der Waals surface area contributed by atoms with Gasteiger partial charge in [0, 0.05) is 6.92 Å². The highest BCUT2D eigenvalue weighted by atomic mass is 35.5. The van der Waals surface area contributed by atoms with E-state index in [0.29, 0.717) is 12.2 Å². The van der Waals surface area contributed by atoms with Crippen LogP contribution in [0.25, 0.3) is 0 Å². The van der Waals surface area contributed by atoms with E-state index in [9.17, 15) is 4.79 Å². The van der Waals surface area contributed by atoms with Crippen molar-refractivity contribution in [1.82, 2.24) is 4.57 Å². The molecule has 1 aromatic heterocycles. The third kappa shape index (κ3) is 10.7. The maximum absolute atomic E-state index is 9.82. The average molecular weight is 371 g/mol. The molecule has 0 aliphatic rings. The minimum absolute atomic E-state index is 0.194. The highest BCUT2D eigenvalue weighted by Gasteiger charge is 2.01. The lowest BCUT2D eigenvalue weighted by atomic mass is 10.1. The number of carbonyl (C=O) groups is 1. The van der Waals surface area contributed by atoms with Gasteiger partial charge >= 0.3 is 5.97 Å². The van der Waals surface area contributed by atoms with Crippen LogP contribution in [0.15, 0.2) is 43.0 Å². The predicted octanol–water partition coefficient (Wildman–Crippen LogP) is 3.22. The summed E-state index contributed by atoms with van der Waals surface area (Å²) in [7, 11) is 2.00. The summed E-state index contributed by atoms with van der Waals surface area (Å²) in [6.45, 7) is 4.49. The summed E-state index contributed by atoms with van der Waals surface area (Å²) < 4.78 is 8.50. The van der Waals surface area contributed by atoms with Crippen molar-refractivity contribution < 1.29 is 14.1 Å². The Labute approximate surface area is 153 Å². The minimum atomic E-state index is -0.211. The standard InChI is InChI=1S/C12H12N3.C4H8O2.CH2Cl2/c1-14-6-7-15(10-14)9-12-4-2-11(8-13)3-5-12;1-3-6-4(2)5;2-1-3/h2-7,10H,9H2,1H3;3H2,1-2H3;1H2/q+1;;. The second-order valence-electron chi connectivity index (χ2n) is 4.59. The molecule has 7 heteroatoms. The normalized spacial score (nSPS) is 8.83. The van der Waals surface area contributed by atoms with E-state index in [1.54, 1.807) is 6.92 Å². The Morgan fingerprint density at radius 3 is 2.25 bits per heavy atom. The largest absolute Gasteiger partial charge is 0.466 e. The Morgan fingerprint density at radius 2 is 1.92 bits per heavy atom. The van der Waals surface area contributed by atoms with Crippen LogP contribution in [0.3, 0.4) is 0 Å². The van der Waals surface area contributed by atoms with Crippen LogP contribution in [-0.4, -0.2) is 22.5 Å². The molecular weight excluding hydrogens is 349 g/mol. The number of imidazole rings is 1. The Kier molecular flexibility index (Phi) is 12.3. The molecule has 0 spiro atoms. The number of alkyl halides is 2. The molecule has 2 rings (SSSR count). The number of esters is 1. The van der Waals surface area contributed by atoms with Gasteiger partial charge in [-0.3, -0.25) is 4.79 Å². The lowest BCUT2D eigenvalue weighted by molar-refractivity contribution is -0.671. The van der Waals surface area contributed by atoms with Gasteiger partial charge in [0.05, 0.1) is 30.6 Å². The van der Waals surface area contributed by atoms with Crippen molar-refractivity contribution in [1.29, 1.82) is 5.26 Å². The van der Waals surface area contributed by atoms with E-state index in [1.165, 1.54) is 12.5 Å². The summed E-state index contributed by atoms with van der Waals surface area (Å²) in [6.07, 6.45) is 6.06. The average Bonchev–Trinajstić information content (AvgIpc) is 2.94. The maximum Gasteiger partial charge on any atom is 0.302 e. The van der Waals surface area contributed by atoms with Crippen molar-refractivity contribution in [3.8, 4) is 6.07 Å². The third-order valence-corrected chi connectivity index (χ3v) is 2.62. The van der Waals surface area contributed by atoms with E-state index in [-0.39, 0.29) is 11.3 Å². The molecule has 0 atom stereocenters. The van der Waals surface area contributed by atoms with E-state index in [1.807, 2.05) is 54.6 Å². The molecule has 2 aromatic rings. The lowest BCUT2D eigenvalue weighted by Gasteiger charge is -1.97. The molecule has 1 heterocycles. The van der Waals surface area contributed by atoms with Gasteiger partial charge in [-0.25, -0.2) is 9.13 Å². The molecule has 0 saturated carbocycles. The molecule has 0 radical (unpaired) electrons. The van der Waals surface area contributed by atoms with Gasteiger partial charge in [0.1, 0.15) is 18.9 Å². The van der Waals surface area contributed by atoms with Crippen LogP contribution < -0.4 is 4.57 Å². The summed E-state index contributed by atoms with van der Waals surface area (Å²) in [5.74, 6) is -0.211. The predicted molar refractivity (Wildman–Crippen MR) is 94.7 cm³/mol. The molecular formula is C17H22Cl2N3O2+. The molecule has 0 amide bonds. The SMILES string of the molecule is CCOC(C)=O.C[n+]1ccn(Cc2ccc(C#N)cc2)c1.ClCCl. The van der Waals surface area contributed by atoms with Gasteiger partial charge < -0.3 is 4.74 Å². The van der Waals surface area contributed by atoms with Crippen molar-refractivity contribution in [3.05, 3.63) is 54.1 Å². The summed E-state index contributed by atoms with van der Waals surface area (Å²) in [5.41, 5.74) is 1.90. The molecule has 130 valence electrons. The van der Waals surface area contributed by atoms with Gasteiger partial charge in [0.25, 0.3) is 0 Å². The highest BCUT2D eigenvalue weighted by molar-refractivity contribution is 6.40. The van der Waals surface area contributed by atoms with Crippen LogP contribution in [-0.2, 0) is 23.1 Å². The summed E-state index contributed by atoms with van der Waals surface area (Å²) >= 11 is 9.53. The molecule has 0 N–H and O–H groups in total. The molecule has 0 bridgehead atoms. The first kappa shape index (κ1) is 22.0. The number of aromatic nitrogens is 2. The van der Waals surface area contributed by atoms with E-state index < -0.39 is 0 Å². The monoisotopic (exact) mass is 370 g/mol. The molecule has 0 aliphatic heterocycles. The molecule has 1 aromatic carbocycles. The van der Waals surface area contributed by atoms with Crippen LogP contribution in [0.5, 0.6) is 0 Å². The first-order chi connectivity index (χ1) is 11.5. The van der Waals surface area contributed by atoms with Gasteiger partial charge in [-0.05, 0) is 24.6 Å². The number of nitrogens with zero attached hydrogens (tertiary/aromatic N) is 3. The smallest absolute Gasteiger partial charge is 0.302 e. The number of halogens is 2. The van der Waals surface area contributed by atoms with Gasteiger partial charge in [0.15, 0.2) is 0 Å². The van der Waals surface area contributed by atoms with E-state index in [0.717, 1.165) is 6.54 Å². The zero-order chi connectivity index (χ0) is 18.4. The van der Waals surface area contributed by atoms with E-state index in [4.69, 9.17) is 28.5 Å². The minimum Gasteiger partial charge on any atom is -0.466 e. The van der Waals surface area contributed by atoms with Crippen LogP contribution in [0.1, 0.15) is 25.0 Å². The quantitative estimate of drug-likeness (QED) is 0.473. The molecule has 5 nitrogen and oxygen atoms in total. The fraction of sp³-hybridized carbons (Fsp3) is 0.353. The highest BCUT2D eigenvalue weighted by Crippen LogP contribution is 2.04. The van der Waals surface area contributed by atoms with E-state index >= 15 is 0 Å². The maximum atomic E-state index is 9.82. The molecule has 0 aliphatic carbocycles. The Hall–Kier alpha value is -2.03. The molecule has 0 saturated heterocycles. The number of rotatable bonds is 3. The topological polar surface area (TPSA) is 58.9 Å². The summed E-state index contributed by atoms with van der Waals surface area (Å²) in [4.78, 5) is 9.82. The van der Waals surface area contributed by atoms with Gasteiger partial charge in [-0.15, -0.1) is 23.2 Å². The summed E-state index contributed by atoms with van der Waals surface area (Å²) in [6, 6.07) is 9.77. The zero-order valence-corrected chi connectivity index (χ0v) is 15.6. The van der Waals surface area contributed by atoms with Crippen LogP contribution >= 0.6 is 23.2 Å². The second kappa shape index (κ2) is 13.4. The Bertz CT molecular complexity index is 634. The van der Waals surface area contributed by atoms with Crippen molar-refractivity contribution in [2.45, 2.75) is 20.4 Å². The van der Waals surface area contributed by atoms with Gasteiger partial charge in [-0.1, -0.05) is 12.1 Å². The van der Waals surface area contributed by atoms with Crippen molar-refractivity contribution >= 4 is 29.2 Å². The van der Waals surface area contributed by atoms with Crippen molar-refractivity contribution in [2.75, 3.05) is 11.9 Å². The Morgan fingerprint density at radius 1 is 1.33 bits per heavy atom. The van der Waals surface area contributed by atoms with Crippen molar-refractivity contribution in [3.63, 3.8) is 0 Å². The second-order valence-corrected chi connectivity index (χ2v) is 5.39. The fourth-order valence-corrected chi connectivity index (χ4v) is 1.69. The first-order valence-electron chi connectivity index (χ1n) is 7.22. The number of nitriles is 1. The zero-order valence-electron chi connectivity index (χ0n) is 14.1. The fourth-order valence-electron chi connectivity index (χ4n) is 1.69. The van der Waals surface area contributed by atoms with Crippen LogP contribution in [0, 0.1) is 11.3 Å². The molecule has 24 heavy (non-hydrogen) atoms. The number of hydrogen-bond donors (Lipinski definition) is 0. The molecule has 0 fully saturated rings. The lowest BCUT2D eigenvalue weighted by Crippen LogP contribution is -2.23. The number of ether oxygens (including phenoxy) is 1. The van der Waals surface area contributed by atoms with Crippen molar-refractivity contribution in [2.24, 2.45) is 7.05 Å². The number of carbonyl (C=O) groups excluding carboxylic acids is 1. The number of hydrogen-bond acceptors (Lipinski definition) is 3. The third-order valence-electron chi connectivity index (χ3n) is 2.62. The van der Waals surface area contributed by atoms with Crippen LogP contribution in [0.2, 0.25) is 0 Å². The van der Waals surface area contributed by atoms with Crippen LogP contribution in [0.4, 0.5) is 0 Å². The van der Waals surface area contributed by atoms with Gasteiger partial charge in [0.2, 0.25) is 6.33 Å². The number of aryl methyl sites for hydroxylation is 1. The van der Waals surface area contributed by atoms with E-state index in [2.05, 4.69) is 15.4 Å². The first-order valence-corrected chi connectivity index (χ1v) is 8.29. The Balaban J connectivity index is 0.000000495. The molecule has 0 unspecified atom stereocenters. The van der Waals surface area contributed by atoms with Gasteiger partial charge in [-0.2, -0.15) is 5.26 Å².